The molecular weight excluding hydrogens is 324 g/mol. The number of amides is 2. The lowest BCUT2D eigenvalue weighted by molar-refractivity contribution is -0.123. The van der Waals surface area contributed by atoms with Crippen LogP contribution in [0.2, 0.25) is 0 Å². The van der Waals surface area contributed by atoms with Crippen LogP contribution in [0.15, 0.2) is 47.1 Å². The minimum absolute atomic E-state index is 0.0647. The number of anilines is 1. The van der Waals surface area contributed by atoms with Gasteiger partial charge in [0, 0.05) is 18.8 Å². The molecule has 1 aromatic heterocycles. The number of carbonyl (C=O) groups excluding carboxylic acids is 2. The first-order valence-electron chi connectivity index (χ1n) is 8.17. The highest BCUT2D eigenvalue weighted by atomic mass is 16.5. The number of rotatable bonds is 7. The maximum absolute atomic E-state index is 11.9. The van der Waals surface area contributed by atoms with E-state index in [-0.39, 0.29) is 30.3 Å². The first-order chi connectivity index (χ1) is 12.2. The first-order valence-corrected chi connectivity index (χ1v) is 8.17. The molecule has 132 valence electrons. The number of hydrogen-bond donors (Lipinski definition) is 2. The van der Waals surface area contributed by atoms with Crippen molar-refractivity contribution in [2.24, 2.45) is 0 Å². The van der Waals surface area contributed by atoms with E-state index in [4.69, 9.17) is 13.9 Å². The van der Waals surface area contributed by atoms with Crippen molar-refractivity contribution in [2.45, 2.75) is 18.9 Å². The van der Waals surface area contributed by atoms with Gasteiger partial charge in [0.15, 0.2) is 12.4 Å². The predicted octanol–water partition coefficient (Wildman–Crippen LogP) is 2.21. The van der Waals surface area contributed by atoms with Gasteiger partial charge in [-0.15, -0.1) is 0 Å². The number of carbonyl (C=O) groups is 2. The maximum Gasteiger partial charge on any atom is 0.291 e. The maximum atomic E-state index is 11.9. The zero-order valence-corrected chi connectivity index (χ0v) is 13.7. The topological polar surface area (TPSA) is 89.8 Å². The lowest BCUT2D eigenvalue weighted by atomic mass is 10.2. The lowest BCUT2D eigenvalue weighted by Gasteiger charge is -2.11. The molecular formula is C18H20N2O5. The fourth-order valence-corrected chi connectivity index (χ4v) is 2.47. The largest absolute Gasteiger partial charge is 0.484 e. The molecule has 2 N–H and O–H groups in total. The third kappa shape index (κ3) is 5.09. The molecule has 2 heterocycles. The summed E-state index contributed by atoms with van der Waals surface area (Å²) in [6.07, 6.45) is 3.57. The van der Waals surface area contributed by atoms with Gasteiger partial charge >= 0.3 is 0 Å². The zero-order valence-electron chi connectivity index (χ0n) is 13.7. The highest BCUT2D eigenvalue weighted by molar-refractivity contribution is 6.02. The summed E-state index contributed by atoms with van der Waals surface area (Å²) in [5.74, 6) is 0.268. The van der Waals surface area contributed by atoms with Gasteiger partial charge in [-0.1, -0.05) is 0 Å². The van der Waals surface area contributed by atoms with E-state index in [1.165, 1.54) is 6.26 Å². The molecule has 1 aromatic carbocycles. The molecule has 7 heteroatoms. The van der Waals surface area contributed by atoms with Crippen LogP contribution in [0.5, 0.6) is 5.75 Å². The standard InChI is InChI=1S/C18H20N2O5/c21-17(19-11-15-3-1-9-23-15)12-25-14-7-5-13(6-8-14)20-18(22)16-4-2-10-24-16/h2,4-8,10,15H,1,3,9,11-12H2,(H,19,21)(H,20,22)/t15-/m1/s1. The smallest absolute Gasteiger partial charge is 0.291 e. The lowest BCUT2D eigenvalue weighted by Crippen LogP contribution is -2.35. The van der Waals surface area contributed by atoms with Crippen molar-refractivity contribution in [2.75, 3.05) is 25.1 Å². The van der Waals surface area contributed by atoms with E-state index < -0.39 is 0 Å². The number of benzene rings is 1. The van der Waals surface area contributed by atoms with Gasteiger partial charge in [-0.05, 0) is 49.2 Å². The monoisotopic (exact) mass is 344 g/mol. The summed E-state index contributed by atoms with van der Waals surface area (Å²) in [7, 11) is 0. The van der Waals surface area contributed by atoms with Crippen molar-refractivity contribution in [1.82, 2.24) is 5.32 Å². The molecule has 0 radical (unpaired) electrons. The minimum Gasteiger partial charge on any atom is -0.484 e. The summed E-state index contributed by atoms with van der Waals surface area (Å²) in [6.45, 7) is 1.21. The Morgan fingerprint density at radius 2 is 2.04 bits per heavy atom. The second-order valence-corrected chi connectivity index (χ2v) is 5.68. The summed E-state index contributed by atoms with van der Waals surface area (Å²) < 4.78 is 15.9. The van der Waals surface area contributed by atoms with Crippen LogP contribution >= 0.6 is 0 Å². The van der Waals surface area contributed by atoms with Gasteiger partial charge in [0.2, 0.25) is 0 Å². The van der Waals surface area contributed by atoms with Crippen molar-refractivity contribution in [1.29, 1.82) is 0 Å². The second kappa shape index (κ2) is 8.34. The summed E-state index contributed by atoms with van der Waals surface area (Å²) >= 11 is 0. The Morgan fingerprint density at radius 1 is 1.20 bits per heavy atom. The average molecular weight is 344 g/mol. The zero-order chi connectivity index (χ0) is 17.5. The Bertz CT molecular complexity index is 691. The molecule has 1 aliphatic rings. The molecule has 1 fully saturated rings. The van der Waals surface area contributed by atoms with Crippen LogP contribution in [0.25, 0.3) is 0 Å². The number of furan rings is 1. The van der Waals surface area contributed by atoms with Crippen molar-refractivity contribution in [3.63, 3.8) is 0 Å². The van der Waals surface area contributed by atoms with Crippen LogP contribution in [0, 0.1) is 0 Å². The summed E-state index contributed by atoms with van der Waals surface area (Å²) in [4.78, 5) is 23.6. The highest BCUT2D eigenvalue weighted by Gasteiger charge is 2.16. The Balaban J connectivity index is 1.41. The molecule has 1 aliphatic heterocycles. The van der Waals surface area contributed by atoms with Crippen LogP contribution in [-0.4, -0.2) is 37.7 Å². The van der Waals surface area contributed by atoms with Crippen molar-refractivity contribution < 1.29 is 23.5 Å². The predicted molar refractivity (Wildman–Crippen MR) is 90.6 cm³/mol. The van der Waals surface area contributed by atoms with Gasteiger partial charge < -0.3 is 24.5 Å². The first kappa shape index (κ1) is 17.0. The molecule has 0 unspecified atom stereocenters. The van der Waals surface area contributed by atoms with Crippen LogP contribution in [0.3, 0.4) is 0 Å². The van der Waals surface area contributed by atoms with Crippen LogP contribution < -0.4 is 15.4 Å². The normalized spacial score (nSPS) is 16.4. The van der Waals surface area contributed by atoms with E-state index in [9.17, 15) is 9.59 Å². The van der Waals surface area contributed by atoms with Crippen LogP contribution in [-0.2, 0) is 9.53 Å². The number of hydrogen-bond acceptors (Lipinski definition) is 5. The average Bonchev–Trinajstić information content (AvgIpc) is 3.33. The molecule has 2 aromatic rings. The van der Waals surface area contributed by atoms with Crippen molar-refractivity contribution >= 4 is 17.5 Å². The van der Waals surface area contributed by atoms with E-state index >= 15 is 0 Å². The SMILES string of the molecule is O=C(COc1ccc(NC(=O)c2ccco2)cc1)NC[C@H]1CCCO1. The van der Waals surface area contributed by atoms with E-state index in [1.807, 2.05) is 0 Å². The van der Waals surface area contributed by atoms with Gasteiger partial charge in [0.05, 0.1) is 12.4 Å². The molecule has 0 aliphatic carbocycles. The van der Waals surface area contributed by atoms with Gasteiger partial charge in [-0.3, -0.25) is 9.59 Å². The fourth-order valence-electron chi connectivity index (χ4n) is 2.47. The third-order valence-corrected chi connectivity index (χ3v) is 3.78. The molecule has 1 saturated heterocycles. The van der Waals surface area contributed by atoms with E-state index in [1.54, 1.807) is 36.4 Å². The van der Waals surface area contributed by atoms with Gasteiger partial charge in [0.1, 0.15) is 5.75 Å². The Kier molecular flexibility index (Phi) is 5.69. The summed E-state index contributed by atoms with van der Waals surface area (Å²) in [5, 5.41) is 5.50. The quantitative estimate of drug-likeness (QED) is 0.804. The Labute approximate surface area is 145 Å². The Morgan fingerprint density at radius 3 is 2.72 bits per heavy atom. The van der Waals surface area contributed by atoms with Crippen LogP contribution in [0.1, 0.15) is 23.4 Å². The van der Waals surface area contributed by atoms with E-state index in [0.29, 0.717) is 18.0 Å². The third-order valence-electron chi connectivity index (χ3n) is 3.78. The fraction of sp³-hybridized carbons (Fsp3) is 0.333. The van der Waals surface area contributed by atoms with Gasteiger partial charge in [-0.2, -0.15) is 0 Å². The van der Waals surface area contributed by atoms with Crippen molar-refractivity contribution in [3.05, 3.63) is 48.4 Å². The molecule has 3 rings (SSSR count). The molecule has 1 atom stereocenters. The highest BCUT2D eigenvalue weighted by Crippen LogP contribution is 2.16. The van der Waals surface area contributed by atoms with E-state index in [0.717, 1.165) is 19.4 Å². The molecule has 0 bridgehead atoms. The van der Waals surface area contributed by atoms with Gasteiger partial charge in [-0.25, -0.2) is 0 Å². The molecule has 2 amide bonds. The Hall–Kier alpha value is -2.80. The molecule has 0 spiro atoms. The second-order valence-electron chi connectivity index (χ2n) is 5.68. The molecule has 0 saturated carbocycles. The number of ether oxygens (including phenoxy) is 2. The summed E-state index contributed by atoms with van der Waals surface area (Å²) in [6, 6.07) is 9.99. The summed E-state index contributed by atoms with van der Waals surface area (Å²) in [5.41, 5.74) is 0.608. The minimum atomic E-state index is -0.327. The van der Waals surface area contributed by atoms with Crippen molar-refractivity contribution in [3.8, 4) is 5.75 Å². The number of nitrogens with one attached hydrogen (secondary N) is 2. The molecule has 25 heavy (non-hydrogen) atoms. The molecule has 7 nitrogen and oxygen atoms in total. The van der Waals surface area contributed by atoms with Gasteiger partial charge in [0.25, 0.3) is 11.8 Å². The van der Waals surface area contributed by atoms with Crippen LogP contribution in [0.4, 0.5) is 5.69 Å². The van der Waals surface area contributed by atoms with E-state index in [2.05, 4.69) is 10.6 Å².